The van der Waals surface area contributed by atoms with Gasteiger partial charge in [-0.25, -0.2) is 9.78 Å². The van der Waals surface area contributed by atoms with Crippen molar-refractivity contribution in [3.05, 3.63) is 18.2 Å². The molecule has 2 heterocycles. The number of nitrogens with zero attached hydrogens (tertiary/aromatic N) is 3. The number of fused-ring (bicyclic) bond motifs is 1. The fourth-order valence-corrected chi connectivity index (χ4v) is 2.00. The summed E-state index contributed by atoms with van der Waals surface area (Å²) >= 11 is 0. The molecule has 100 valence electrons. The van der Waals surface area contributed by atoms with Crippen LogP contribution in [0.25, 0.3) is 0 Å². The highest BCUT2D eigenvalue weighted by Gasteiger charge is 2.30. The number of aromatic nitrogens is 2. The molecule has 1 aromatic rings. The van der Waals surface area contributed by atoms with Crippen LogP contribution in [-0.4, -0.2) is 44.4 Å². The lowest BCUT2D eigenvalue weighted by Crippen LogP contribution is -2.44. The number of rotatable bonds is 1. The van der Waals surface area contributed by atoms with Gasteiger partial charge in [0.15, 0.2) is 0 Å². The molecule has 0 spiro atoms. The first kappa shape index (κ1) is 12.9. The Labute approximate surface area is 106 Å². The molecule has 0 saturated carbocycles. The van der Waals surface area contributed by atoms with Crippen molar-refractivity contribution in [2.24, 2.45) is 0 Å². The molecule has 0 bridgehead atoms. The fourth-order valence-electron chi connectivity index (χ4n) is 2.00. The van der Waals surface area contributed by atoms with E-state index in [1.54, 1.807) is 17.4 Å². The average molecular weight is 253 g/mol. The number of imidazole rings is 1. The second-order valence-corrected chi connectivity index (χ2v) is 5.49. The summed E-state index contributed by atoms with van der Waals surface area (Å²) in [5.74, 6) is 0. The Balaban J connectivity index is 2.12. The van der Waals surface area contributed by atoms with Crippen LogP contribution in [0, 0.1) is 0 Å². The third kappa shape index (κ3) is 2.64. The van der Waals surface area contributed by atoms with Gasteiger partial charge in [0, 0.05) is 12.7 Å². The van der Waals surface area contributed by atoms with Crippen LogP contribution >= 0.6 is 0 Å². The van der Waals surface area contributed by atoms with Crippen molar-refractivity contribution in [1.29, 1.82) is 0 Å². The van der Waals surface area contributed by atoms with Crippen LogP contribution in [0.3, 0.4) is 0 Å². The van der Waals surface area contributed by atoms with Gasteiger partial charge in [0.2, 0.25) is 0 Å². The van der Waals surface area contributed by atoms with E-state index in [4.69, 9.17) is 4.74 Å². The van der Waals surface area contributed by atoms with Crippen molar-refractivity contribution in [1.82, 2.24) is 14.5 Å². The monoisotopic (exact) mass is 253 g/mol. The highest BCUT2D eigenvalue weighted by Crippen LogP contribution is 2.22. The van der Waals surface area contributed by atoms with Crippen molar-refractivity contribution in [2.45, 2.75) is 39.0 Å². The smallest absolute Gasteiger partial charge is 0.410 e. The fraction of sp³-hybridized carbons (Fsp3) is 0.667. The van der Waals surface area contributed by atoms with Crippen LogP contribution < -0.4 is 0 Å². The van der Waals surface area contributed by atoms with Gasteiger partial charge in [-0.1, -0.05) is 0 Å². The first-order chi connectivity index (χ1) is 8.40. The van der Waals surface area contributed by atoms with Crippen LogP contribution in [0.4, 0.5) is 4.79 Å². The largest absolute Gasteiger partial charge is 0.444 e. The molecule has 1 aliphatic rings. The number of amides is 1. The molecular formula is C12H19N3O3. The zero-order valence-corrected chi connectivity index (χ0v) is 11.0. The predicted octanol–water partition coefficient (Wildman–Crippen LogP) is 1.17. The van der Waals surface area contributed by atoms with E-state index in [2.05, 4.69) is 4.98 Å². The van der Waals surface area contributed by atoms with Crippen LogP contribution in [0.15, 0.2) is 12.5 Å². The summed E-state index contributed by atoms with van der Waals surface area (Å²) in [4.78, 5) is 17.6. The van der Waals surface area contributed by atoms with E-state index < -0.39 is 5.60 Å². The Morgan fingerprint density at radius 1 is 1.61 bits per heavy atom. The molecule has 0 unspecified atom stereocenters. The Morgan fingerprint density at radius 3 is 2.94 bits per heavy atom. The molecule has 0 radical (unpaired) electrons. The van der Waals surface area contributed by atoms with Gasteiger partial charge in [-0.15, -0.1) is 0 Å². The molecule has 0 aliphatic carbocycles. The Hall–Kier alpha value is -1.56. The third-order valence-corrected chi connectivity index (χ3v) is 2.79. The number of hydrogen-bond acceptors (Lipinski definition) is 4. The summed E-state index contributed by atoms with van der Waals surface area (Å²) < 4.78 is 7.24. The van der Waals surface area contributed by atoms with E-state index in [9.17, 15) is 9.90 Å². The highest BCUT2D eigenvalue weighted by molar-refractivity contribution is 5.68. The molecule has 1 atom stereocenters. The Bertz CT molecular complexity index is 436. The van der Waals surface area contributed by atoms with E-state index in [-0.39, 0.29) is 18.7 Å². The topological polar surface area (TPSA) is 67.6 Å². The number of carbonyl (C=O) groups is 1. The first-order valence-electron chi connectivity index (χ1n) is 6.00. The van der Waals surface area contributed by atoms with Crippen molar-refractivity contribution in [3.63, 3.8) is 0 Å². The highest BCUT2D eigenvalue weighted by atomic mass is 16.6. The summed E-state index contributed by atoms with van der Waals surface area (Å²) in [6.07, 6.45) is 3.04. The normalized spacial score (nSPS) is 19.6. The molecule has 6 nitrogen and oxygen atoms in total. The van der Waals surface area contributed by atoms with Crippen molar-refractivity contribution in [3.8, 4) is 0 Å². The number of aliphatic hydroxyl groups excluding tert-OH is 1. The molecule has 1 aromatic heterocycles. The van der Waals surface area contributed by atoms with Crippen LogP contribution in [-0.2, 0) is 11.3 Å². The lowest BCUT2D eigenvalue weighted by atomic mass is 10.2. The molecular weight excluding hydrogens is 234 g/mol. The molecule has 1 N–H and O–H groups in total. The molecule has 6 heteroatoms. The minimum Gasteiger partial charge on any atom is -0.444 e. The van der Waals surface area contributed by atoms with Gasteiger partial charge in [-0.05, 0) is 20.8 Å². The second kappa shape index (κ2) is 4.61. The summed E-state index contributed by atoms with van der Waals surface area (Å²) in [5.41, 5.74) is 0.398. The standard InChI is InChI=1S/C12H19N3O3/c1-12(2,3)18-11(17)14-5-9-4-13-8-15(9)10(6-14)7-16/h4,8,10,16H,5-7H2,1-3H3/t10-/m1/s1. The van der Waals surface area contributed by atoms with E-state index in [1.165, 1.54) is 0 Å². The first-order valence-corrected chi connectivity index (χ1v) is 6.00. The van der Waals surface area contributed by atoms with Crippen LogP contribution in [0.1, 0.15) is 32.5 Å². The minimum absolute atomic E-state index is 0.0251. The van der Waals surface area contributed by atoms with E-state index in [0.717, 1.165) is 5.69 Å². The second-order valence-electron chi connectivity index (χ2n) is 5.49. The van der Waals surface area contributed by atoms with Crippen LogP contribution in [0.2, 0.25) is 0 Å². The van der Waals surface area contributed by atoms with Gasteiger partial charge in [-0.3, -0.25) is 0 Å². The van der Waals surface area contributed by atoms with Gasteiger partial charge in [0.1, 0.15) is 5.60 Å². The molecule has 0 aromatic carbocycles. The van der Waals surface area contributed by atoms with Crippen molar-refractivity contribution >= 4 is 6.09 Å². The van der Waals surface area contributed by atoms with Gasteiger partial charge in [0.05, 0.1) is 31.2 Å². The van der Waals surface area contributed by atoms with E-state index >= 15 is 0 Å². The maximum absolute atomic E-state index is 12.0. The Kier molecular flexibility index (Phi) is 3.30. The zero-order valence-electron chi connectivity index (χ0n) is 11.0. The summed E-state index contributed by atoms with van der Waals surface area (Å²) in [6.45, 7) is 6.39. The average Bonchev–Trinajstić information content (AvgIpc) is 2.73. The van der Waals surface area contributed by atoms with Gasteiger partial charge >= 0.3 is 6.09 Å². The molecule has 0 fully saturated rings. The number of hydrogen-bond donors (Lipinski definition) is 1. The maximum atomic E-state index is 12.0. The van der Waals surface area contributed by atoms with Gasteiger partial charge < -0.3 is 19.3 Å². The van der Waals surface area contributed by atoms with Crippen molar-refractivity contribution < 1.29 is 14.6 Å². The number of ether oxygens (including phenoxy) is 1. The summed E-state index contributed by atoms with van der Waals surface area (Å²) in [7, 11) is 0. The summed E-state index contributed by atoms with van der Waals surface area (Å²) in [6, 6.07) is -0.149. The van der Waals surface area contributed by atoms with Crippen molar-refractivity contribution in [2.75, 3.05) is 13.2 Å². The summed E-state index contributed by atoms with van der Waals surface area (Å²) in [5, 5.41) is 9.36. The SMILES string of the molecule is CC(C)(C)OC(=O)N1Cc2cncn2[C@@H](CO)C1. The molecule has 0 saturated heterocycles. The molecule has 1 amide bonds. The lowest BCUT2D eigenvalue weighted by molar-refractivity contribution is 0.0140. The van der Waals surface area contributed by atoms with E-state index in [0.29, 0.717) is 13.1 Å². The van der Waals surface area contributed by atoms with E-state index in [1.807, 2.05) is 25.3 Å². The van der Waals surface area contributed by atoms with Crippen LogP contribution in [0.5, 0.6) is 0 Å². The Morgan fingerprint density at radius 2 is 2.33 bits per heavy atom. The zero-order chi connectivity index (χ0) is 13.3. The maximum Gasteiger partial charge on any atom is 0.410 e. The predicted molar refractivity (Wildman–Crippen MR) is 65.0 cm³/mol. The number of carbonyl (C=O) groups excluding carboxylic acids is 1. The number of aliphatic hydroxyl groups is 1. The molecule has 2 rings (SSSR count). The molecule has 1 aliphatic heterocycles. The molecule has 18 heavy (non-hydrogen) atoms. The minimum atomic E-state index is -0.510. The van der Waals surface area contributed by atoms with Gasteiger partial charge in [0.25, 0.3) is 0 Å². The quantitative estimate of drug-likeness (QED) is 0.815. The third-order valence-electron chi connectivity index (χ3n) is 2.79. The lowest BCUT2D eigenvalue weighted by Gasteiger charge is -2.34. The van der Waals surface area contributed by atoms with Gasteiger partial charge in [-0.2, -0.15) is 0 Å².